The van der Waals surface area contributed by atoms with Crippen molar-refractivity contribution in [3.63, 3.8) is 0 Å². The van der Waals surface area contributed by atoms with E-state index in [1.165, 1.54) is 12.8 Å². The van der Waals surface area contributed by atoms with Crippen molar-refractivity contribution < 1.29 is 0 Å². The molecular formula is C13H15BrCl2N2. The first-order valence-corrected chi connectivity index (χ1v) is 7.83. The van der Waals surface area contributed by atoms with Crippen LogP contribution in [0.2, 0.25) is 10.0 Å². The summed E-state index contributed by atoms with van der Waals surface area (Å²) in [6, 6.07) is 4.63. The molecule has 0 spiro atoms. The van der Waals surface area contributed by atoms with Crippen LogP contribution < -0.4 is 10.2 Å². The molecule has 5 heteroatoms. The zero-order valence-corrected chi connectivity index (χ0v) is 13.0. The minimum atomic E-state index is 0.607. The molecular weight excluding hydrogens is 335 g/mol. The molecule has 0 amide bonds. The highest BCUT2D eigenvalue weighted by molar-refractivity contribution is 9.10. The fourth-order valence-corrected chi connectivity index (χ4v) is 3.46. The highest BCUT2D eigenvalue weighted by atomic mass is 79.9. The SMILES string of the molecule is Clc1c(Br)ccc(N2CCNC(C3CC3)C2)c1Cl. The molecule has 0 bridgehead atoms. The van der Waals surface area contributed by atoms with Crippen LogP contribution in [0.4, 0.5) is 5.69 Å². The first kappa shape index (κ1) is 13.0. The summed E-state index contributed by atoms with van der Waals surface area (Å²) < 4.78 is 0.854. The van der Waals surface area contributed by atoms with Crippen LogP contribution >= 0.6 is 39.1 Å². The highest BCUT2D eigenvalue weighted by Gasteiger charge is 2.34. The summed E-state index contributed by atoms with van der Waals surface area (Å²) in [5, 5.41) is 4.86. The van der Waals surface area contributed by atoms with Crippen molar-refractivity contribution in [1.82, 2.24) is 5.32 Å². The number of halogens is 3. The van der Waals surface area contributed by atoms with Gasteiger partial charge in [0.25, 0.3) is 0 Å². The van der Waals surface area contributed by atoms with Crippen LogP contribution in [0.25, 0.3) is 0 Å². The molecule has 18 heavy (non-hydrogen) atoms. The summed E-state index contributed by atoms with van der Waals surface area (Å²) in [5.41, 5.74) is 1.05. The van der Waals surface area contributed by atoms with E-state index in [1.54, 1.807) is 0 Å². The van der Waals surface area contributed by atoms with Crippen LogP contribution in [0.3, 0.4) is 0 Å². The maximum Gasteiger partial charge on any atom is 0.0837 e. The summed E-state index contributed by atoms with van der Waals surface area (Å²) >= 11 is 15.9. The van der Waals surface area contributed by atoms with Crippen LogP contribution in [0.15, 0.2) is 16.6 Å². The summed E-state index contributed by atoms with van der Waals surface area (Å²) in [5.74, 6) is 0.859. The van der Waals surface area contributed by atoms with Crippen LogP contribution in [-0.2, 0) is 0 Å². The van der Waals surface area contributed by atoms with Gasteiger partial charge in [-0.1, -0.05) is 23.2 Å². The van der Waals surface area contributed by atoms with Gasteiger partial charge in [-0.3, -0.25) is 0 Å². The Morgan fingerprint density at radius 3 is 2.72 bits per heavy atom. The van der Waals surface area contributed by atoms with Gasteiger partial charge in [-0.15, -0.1) is 0 Å². The summed E-state index contributed by atoms with van der Waals surface area (Å²) in [7, 11) is 0. The molecule has 98 valence electrons. The Labute approximate surface area is 126 Å². The molecule has 0 aromatic heterocycles. The number of nitrogens with zero attached hydrogens (tertiary/aromatic N) is 1. The third-order valence-electron chi connectivity index (χ3n) is 3.75. The second-order valence-corrected chi connectivity index (χ2v) is 6.65. The molecule has 2 nitrogen and oxygen atoms in total. The molecule has 1 unspecified atom stereocenters. The van der Waals surface area contributed by atoms with Crippen LogP contribution in [0, 0.1) is 5.92 Å². The number of nitrogens with one attached hydrogen (secondary N) is 1. The monoisotopic (exact) mass is 348 g/mol. The first-order chi connectivity index (χ1) is 8.66. The quantitative estimate of drug-likeness (QED) is 0.813. The summed E-state index contributed by atoms with van der Waals surface area (Å²) in [4.78, 5) is 2.35. The minimum absolute atomic E-state index is 0.607. The lowest BCUT2D eigenvalue weighted by atomic mass is 10.1. The molecule has 0 radical (unpaired) electrons. The van der Waals surface area contributed by atoms with Crippen molar-refractivity contribution in [3.8, 4) is 0 Å². The molecule has 2 aliphatic rings. The second kappa shape index (κ2) is 5.20. The van der Waals surface area contributed by atoms with E-state index in [9.17, 15) is 0 Å². The number of rotatable bonds is 2. The van der Waals surface area contributed by atoms with Crippen LogP contribution in [-0.4, -0.2) is 25.7 Å². The Morgan fingerprint density at radius 2 is 2.00 bits per heavy atom. The molecule has 1 heterocycles. The van der Waals surface area contributed by atoms with Crippen molar-refractivity contribution in [2.24, 2.45) is 5.92 Å². The van der Waals surface area contributed by atoms with Crippen molar-refractivity contribution in [2.45, 2.75) is 18.9 Å². The van der Waals surface area contributed by atoms with Gasteiger partial charge in [0, 0.05) is 30.1 Å². The lowest BCUT2D eigenvalue weighted by Gasteiger charge is -2.36. The molecule has 1 atom stereocenters. The maximum absolute atomic E-state index is 6.35. The van der Waals surface area contributed by atoms with E-state index in [4.69, 9.17) is 23.2 Å². The zero-order valence-electron chi connectivity index (χ0n) is 9.93. The summed E-state index contributed by atoms with van der Waals surface area (Å²) in [6.07, 6.45) is 2.72. The summed E-state index contributed by atoms with van der Waals surface area (Å²) in [6.45, 7) is 3.04. The number of anilines is 1. The third kappa shape index (κ3) is 2.51. The van der Waals surface area contributed by atoms with Gasteiger partial charge in [0.05, 0.1) is 15.7 Å². The van der Waals surface area contributed by atoms with E-state index < -0.39 is 0 Å². The van der Waals surface area contributed by atoms with E-state index in [-0.39, 0.29) is 0 Å². The largest absolute Gasteiger partial charge is 0.367 e. The topological polar surface area (TPSA) is 15.3 Å². The lowest BCUT2D eigenvalue weighted by Crippen LogP contribution is -2.51. The predicted molar refractivity (Wildman–Crippen MR) is 80.9 cm³/mol. The Hall–Kier alpha value is 0.0400. The van der Waals surface area contributed by atoms with E-state index in [1.807, 2.05) is 12.1 Å². The molecule has 2 fully saturated rings. The molecule has 1 aromatic carbocycles. The van der Waals surface area contributed by atoms with Crippen LogP contribution in [0.1, 0.15) is 12.8 Å². The van der Waals surface area contributed by atoms with Gasteiger partial charge in [0.2, 0.25) is 0 Å². The molecule has 1 aromatic rings. The standard InChI is InChI=1S/C13H15BrCl2N2/c14-9-3-4-11(13(16)12(9)15)18-6-5-17-10(7-18)8-1-2-8/h3-4,8,10,17H,1-2,5-7H2. The minimum Gasteiger partial charge on any atom is -0.367 e. The average Bonchev–Trinajstić information content (AvgIpc) is 3.21. The Kier molecular flexibility index (Phi) is 3.77. The van der Waals surface area contributed by atoms with Crippen LogP contribution in [0.5, 0.6) is 0 Å². The van der Waals surface area contributed by atoms with Gasteiger partial charge in [-0.2, -0.15) is 0 Å². The number of benzene rings is 1. The Morgan fingerprint density at radius 1 is 1.22 bits per heavy atom. The van der Waals surface area contributed by atoms with Gasteiger partial charge in [0.15, 0.2) is 0 Å². The Bertz CT molecular complexity index is 463. The zero-order chi connectivity index (χ0) is 12.7. The smallest absolute Gasteiger partial charge is 0.0837 e. The first-order valence-electron chi connectivity index (χ1n) is 6.28. The fourth-order valence-electron chi connectivity index (χ4n) is 2.57. The van der Waals surface area contributed by atoms with E-state index >= 15 is 0 Å². The van der Waals surface area contributed by atoms with Gasteiger partial charge < -0.3 is 10.2 Å². The number of piperazine rings is 1. The van der Waals surface area contributed by atoms with E-state index in [2.05, 4.69) is 26.1 Å². The highest BCUT2D eigenvalue weighted by Crippen LogP contribution is 2.39. The molecule has 3 rings (SSSR count). The molecule has 1 saturated heterocycles. The number of hydrogen-bond donors (Lipinski definition) is 1. The molecule has 1 saturated carbocycles. The van der Waals surface area contributed by atoms with Crippen molar-refractivity contribution >= 4 is 44.8 Å². The van der Waals surface area contributed by atoms with Gasteiger partial charge >= 0.3 is 0 Å². The third-order valence-corrected chi connectivity index (χ3v) is 5.51. The second-order valence-electron chi connectivity index (χ2n) is 5.04. The van der Waals surface area contributed by atoms with Gasteiger partial charge in [0.1, 0.15) is 0 Å². The Balaban J connectivity index is 1.83. The maximum atomic E-state index is 6.35. The lowest BCUT2D eigenvalue weighted by molar-refractivity contribution is 0.419. The van der Waals surface area contributed by atoms with E-state index in [0.717, 1.165) is 35.7 Å². The molecule has 1 aliphatic heterocycles. The predicted octanol–water partition coefficient (Wildman–Crippen LogP) is 3.94. The van der Waals surface area contributed by atoms with Crippen molar-refractivity contribution in [1.29, 1.82) is 0 Å². The normalized spacial score (nSPS) is 24.4. The van der Waals surface area contributed by atoms with Crippen molar-refractivity contribution in [3.05, 3.63) is 26.7 Å². The molecule has 1 N–H and O–H groups in total. The van der Waals surface area contributed by atoms with Crippen molar-refractivity contribution in [2.75, 3.05) is 24.5 Å². The molecule has 1 aliphatic carbocycles. The average molecular weight is 350 g/mol. The van der Waals surface area contributed by atoms with Gasteiger partial charge in [-0.05, 0) is 46.8 Å². The fraction of sp³-hybridized carbons (Fsp3) is 0.538. The van der Waals surface area contributed by atoms with E-state index in [0.29, 0.717) is 16.1 Å². The number of hydrogen-bond acceptors (Lipinski definition) is 2. The van der Waals surface area contributed by atoms with Gasteiger partial charge in [-0.25, -0.2) is 0 Å².